The second kappa shape index (κ2) is 10.4. The standard InChI is InChI=1S/C26H28N2O5S/c1-6-32-25(17-7-9-18(10-8-17)26-28-27-16(3)34-26)24(29)21-12-11-20(33-21)19-13-22(30-4)15(2)23(14-19)31-5/h7-14,24-25,29H,6H2,1-5H3. The summed E-state index contributed by atoms with van der Waals surface area (Å²) in [5.41, 5.74) is 3.52. The Kier molecular flexibility index (Phi) is 7.31. The van der Waals surface area contributed by atoms with E-state index in [1.807, 2.05) is 63.2 Å². The molecule has 7 nitrogen and oxygen atoms in total. The van der Waals surface area contributed by atoms with E-state index in [4.69, 9.17) is 18.6 Å². The van der Waals surface area contributed by atoms with Gasteiger partial charge >= 0.3 is 0 Å². The summed E-state index contributed by atoms with van der Waals surface area (Å²) in [6, 6.07) is 15.2. The van der Waals surface area contributed by atoms with Gasteiger partial charge in [0.15, 0.2) is 0 Å². The summed E-state index contributed by atoms with van der Waals surface area (Å²) in [6.45, 7) is 6.20. The van der Waals surface area contributed by atoms with Crippen LogP contribution in [0.1, 0.15) is 41.0 Å². The van der Waals surface area contributed by atoms with Gasteiger partial charge in [-0.2, -0.15) is 0 Å². The number of hydrogen-bond acceptors (Lipinski definition) is 8. The van der Waals surface area contributed by atoms with E-state index in [1.165, 1.54) is 11.3 Å². The Labute approximate surface area is 202 Å². The molecule has 2 heterocycles. The maximum absolute atomic E-state index is 11.2. The highest BCUT2D eigenvalue weighted by atomic mass is 32.1. The van der Waals surface area contributed by atoms with E-state index in [-0.39, 0.29) is 0 Å². The summed E-state index contributed by atoms with van der Waals surface area (Å²) in [5.74, 6) is 2.41. The van der Waals surface area contributed by atoms with Crippen molar-refractivity contribution >= 4 is 11.3 Å². The highest BCUT2D eigenvalue weighted by molar-refractivity contribution is 7.14. The lowest BCUT2D eigenvalue weighted by Gasteiger charge is -2.22. The molecule has 34 heavy (non-hydrogen) atoms. The fourth-order valence-electron chi connectivity index (χ4n) is 3.82. The van der Waals surface area contributed by atoms with Crippen molar-refractivity contribution < 1.29 is 23.7 Å². The molecule has 0 amide bonds. The lowest BCUT2D eigenvalue weighted by molar-refractivity contribution is -0.0446. The monoisotopic (exact) mass is 480 g/mol. The van der Waals surface area contributed by atoms with E-state index in [1.54, 1.807) is 20.3 Å². The first-order valence-corrected chi connectivity index (χ1v) is 11.8. The molecule has 178 valence electrons. The summed E-state index contributed by atoms with van der Waals surface area (Å²) in [5, 5.41) is 21.2. The lowest BCUT2D eigenvalue weighted by atomic mass is 10.0. The zero-order chi connectivity index (χ0) is 24.2. The number of aryl methyl sites for hydroxylation is 1. The Morgan fingerprint density at radius 1 is 0.941 bits per heavy atom. The van der Waals surface area contributed by atoms with Crippen molar-refractivity contribution in [3.8, 4) is 33.4 Å². The van der Waals surface area contributed by atoms with Crippen LogP contribution in [0.5, 0.6) is 11.5 Å². The second-order valence-electron chi connectivity index (χ2n) is 7.78. The minimum atomic E-state index is -0.988. The number of ether oxygens (including phenoxy) is 3. The second-order valence-corrected chi connectivity index (χ2v) is 8.96. The molecule has 1 N–H and O–H groups in total. The van der Waals surface area contributed by atoms with Crippen molar-refractivity contribution in [2.75, 3.05) is 20.8 Å². The van der Waals surface area contributed by atoms with Gasteiger partial charge in [-0.15, -0.1) is 10.2 Å². The number of methoxy groups -OCH3 is 2. The van der Waals surface area contributed by atoms with E-state index < -0.39 is 12.2 Å². The SMILES string of the molecule is CCOC(c1ccc(-c2nnc(C)s2)cc1)C(O)c1ccc(-c2cc(OC)c(C)c(OC)c2)o1. The topological polar surface area (TPSA) is 86.8 Å². The Hall–Kier alpha value is -3.20. The van der Waals surface area contributed by atoms with Crippen molar-refractivity contribution in [1.82, 2.24) is 10.2 Å². The zero-order valence-corrected chi connectivity index (χ0v) is 20.7. The molecular formula is C26H28N2O5S. The fraction of sp³-hybridized carbons (Fsp3) is 0.308. The van der Waals surface area contributed by atoms with Crippen LogP contribution in [0, 0.1) is 13.8 Å². The molecule has 0 radical (unpaired) electrons. The number of furan rings is 1. The van der Waals surface area contributed by atoms with E-state index in [2.05, 4.69) is 10.2 Å². The molecule has 0 saturated carbocycles. The number of hydrogen-bond donors (Lipinski definition) is 1. The number of rotatable bonds is 9. The van der Waals surface area contributed by atoms with Gasteiger partial charge < -0.3 is 23.7 Å². The third-order valence-electron chi connectivity index (χ3n) is 5.60. The van der Waals surface area contributed by atoms with Gasteiger partial charge in [0.1, 0.15) is 45.2 Å². The van der Waals surface area contributed by atoms with Gasteiger partial charge in [0.25, 0.3) is 0 Å². The molecule has 4 rings (SSSR count). The van der Waals surface area contributed by atoms with E-state index in [0.717, 1.165) is 32.3 Å². The highest BCUT2D eigenvalue weighted by Gasteiger charge is 2.27. The smallest absolute Gasteiger partial charge is 0.147 e. The van der Waals surface area contributed by atoms with Crippen LogP contribution in [0.3, 0.4) is 0 Å². The first kappa shape index (κ1) is 23.9. The molecule has 4 aromatic rings. The molecule has 0 saturated heterocycles. The van der Waals surface area contributed by atoms with Gasteiger partial charge in [0.05, 0.1) is 14.2 Å². The van der Waals surface area contributed by atoms with E-state index in [9.17, 15) is 5.11 Å². The molecule has 2 atom stereocenters. The van der Waals surface area contributed by atoms with Crippen LogP contribution in [0.4, 0.5) is 0 Å². The predicted molar refractivity (Wildman–Crippen MR) is 131 cm³/mol. The number of aromatic nitrogens is 2. The molecule has 2 aromatic carbocycles. The van der Waals surface area contributed by atoms with Crippen molar-refractivity contribution in [3.63, 3.8) is 0 Å². The lowest BCUT2D eigenvalue weighted by Crippen LogP contribution is -2.14. The Bertz CT molecular complexity index is 1220. The average molecular weight is 481 g/mol. The van der Waals surface area contributed by atoms with E-state index in [0.29, 0.717) is 29.6 Å². The van der Waals surface area contributed by atoms with Crippen LogP contribution in [0.15, 0.2) is 52.9 Å². The van der Waals surface area contributed by atoms with Crippen molar-refractivity contribution in [1.29, 1.82) is 0 Å². The van der Waals surface area contributed by atoms with Crippen LogP contribution >= 0.6 is 11.3 Å². The number of aliphatic hydroxyl groups is 1. The summed E-state index contributed by atoms with van der Waals surface area (Å²) in [4.78, 5) is 0. The van der Waals surface area contributed by atoms with Crippen molar-refractivity contribution in [2.45, 2.75) is 33.0 Å². The number of aliphatic hydroxyl groups excluding tert-OH is 1. The first-order valence-electron chi connectivity index (χ1n) is 11.0. The Morgan fingerprint density at radius 2 is 1.62 bits per heavy atom. The van der Waals surface area contributed by atoms with Gasteiger partial charge in [-0.05, 0) is 50.6 Å². The Morgan fingerprint density at radius 3 is 2.18 bits per heavy atom. The highest BCUT2D eigenvalue weighted by Crippen LogP contribution is 2.38. The van der Waals surface area contributed by atoms with Crippen LogP contribution in [0.25, 0.3) is 21.9 Å². The molecule has 0 aliphatic carbocycles. The maximum atomic E-state index is 11.2. The van der Waals surface area contributed by atoms with E-state index >= 15 is 0 Å². The van der Waals surface area contributed by atoms with Gasteiger partial charge in [0.2, 0.25) is 0 Å². The normalized spacial score (nSPS) is 13.0. The molecule has 2 aromatic heterocycles. The largest absolute Gasteiger partial charge is 0.496 e. The van der Waals surface area contributed by atoms with Crippen molar-refractivity contribution in [2.24, 2.45) is 0 Å². The van der Waals surface area contributed by atoms with Gasteiger partial charge in [-0.1, -0.05) is 35.6 Å². The van der Waals surface area contributed by atoms with Crippen LogP contribution in [0.2, 0.25) is 0 Å². The molecular weight excluding hydrogens is 452 g/mol. The molecule has 8 heteroatoms. The average Bonchev–Trinajstić information content (AvgIpc) is 3.52. The minimum Gasteiger partial charge on any atom is -0.496 e. The van der Waals surface area contributed by atoms with Crippen molar-refractivity contribution in [3.05, 3.63) is 70.4 Å². The molecule has 0 aliphatic rings. The summed E-state index contributed by atoms with van der Waals surface area (Å²) >= 11 is 1.54. The molecule has 0 bridgehead atoms. The van der Waals surface area contributed by atoms with Crippen LogP contribution in [-0.4, -0.2) is 36.1 Å². The predicted octanol–water partition coefficient (Wildman–Crippen LogP) is 5.91. The molecule has 0 fully saturated rings. The molecule has 2 unspecified atom stereocenters. The van der Waals surface area contributed by atoms with Gasteiger partial charge in [0, 0.05) is 23.3 Å². The fourth-order valence-corrected chi connectivity index (χ4v) is 4.52. The molecule has 0 aliphatic heterocycles. The van der Waals surface area contributed by atoms with Crippen LogP contribution < -0.4 is 9.47 Å². The third kappa shape index (κ3) is 4.84. The zero-order valence-electron chi connectivity index (χ0n) is 19.9. The van der Waals surface area contributed by atoms with Crippen LogP contribution in [-0.2, 0) is 4.74 Å². The first-order chi connectivity index (χ1) is 16.4. The maximum Gasteiger partial charge on any atom is 0.147 e. The Balaban J connectivity index is 1.60. The third-order valence-corrected chi connectivity index (χ3v) is 6.49. The minimum absolute atomic E-state index is 0.413. The van der Waals surface area contributed by atoms with Gasteiger partial charge in [-0.3, -0.25) is 0 Å². The van der Waals surface area contributed by atoms with Gasteiger partial charge in [-0.25, -0.2) is 0 Å². The number of benzene rings is 2. The summed E-state index contributed by atoms with van der Waals surface area (Å²) < 4.78 is 22.9. The summed E-state index contributed by atoms with van der Waals surface area (Å²) in [6.07, 6.45) is -1.58. The summed E-state index contributed by atoms with van der Waals surface area (Å²) in [7, 11) is 3.24. The number of nitrogens with zero attached hydrogens (tertiary/aromatic N) is 2. The quantitative estimate of drug-likeness (QED) is 0.319. The molecule has 0 spiro atoms.